The molecule has 0 aliphatic heterocycles. The van der Waals surface area contributed by atoms with Gasteiger partial charge in [0, 0.05) is 25.9 Å². The third-order valence-electron chi connectivity index (χ3n) is 4.11. The summed E-state index contributed by atoms with van der Waals surface area (Å²) in [6, 6.07) is 20.5. The van der Waals surface area contributed by atoms with E-state index in [-0.39, 0.29) is 11.8 Å². The second kappa shape index (κ2) is 8.94. The molecule has 120 valence electrons. The average Bonchev–Trinajstić information content (AvgIpc) is 2.61. The molecule has 0 atom stereocenters. The van der Waals surface area contributed by atoms with E-state index in [1.54, 1.807) is 0 Å². The lowest BCUT2D eigenvalue weighted by Gasteiger charge is -2.22. The van der Waals surface area contributed by atoms with Gasteiger partial charge in [-0.25, -0.2) is 0 Å². The van der Waals surface area contributed by atoms with Gasteiger partial charge < -0.3 is 4.90 Å². The Labute approximate surface area is 139 Å². The molecule has 0 aliphatic rings. The zero-order valence-electron chi connectivity index (χ0n) is 13.8. The van der Waals surface area contributed by atoms with E-state index < -0.39 is 0 Å². The van der Waals surface area contributed by atoms with E-state index >= 15 is 0 Å². The normalized spacial score (nSPS) is 10.5. The van der Waals surface area contributed by atoms with Gasteiger partial charge in [-0.15, -0.1) is 6.58 Å². The van der Waals surface area contributed by atoms with Crippen LogP contribution in [0.1, 0.15) is 36.3 Å². The molecule has 0 aliphatic carbocycles. The fraction of sp³-hybridized carbons (Fsp3) is 0.286. The summed E-state index contributed by atoms with van der Waals surface area (Å²) >= 11 is 0. The zero-order valence-corrected chi connectivity index (χ0v) is 13.8. The van der Waals surface area contributed by atoms with E-state index in [0.717, 1.165) is 19.4 Å². The molecule has 0 bridgehead atoms. The maximum Gasteiger partial charge on any atom is 0.223 e. The van der Waals surface area contributed by atoms with Gasteiger partial charge in [-0.05, 0) is 24.0 Å². The first-order chi connectivity index (χ1) is 11.2. The summed E-state index contributed by atoms with van der Waals surface area (Å²) < 4.78 is 0. The monoisotopic (exact) mass is 307 g/mol. The number of rotatable bonds is 8. The standard InChI is InChI=1S/C21H25NO/c1-3-4-11-16-22(2)21(23)17-20(18-12-7-5-8-13-18)19-14-9-6-10-15-19/h3,5-10,12-15,20H,1,4,11,16-17H2,2H3. The van der Waals surface area contributed by atoms with Crippen LogP contribution in [0, 0.1) is 0 Å². The number of amides is 1. The highest BCUT2D eigenvalue weighted by Gasteiger charge is 2.20. The van der Waals surface area contributed by atoms with E-state index in [9.17, 15) is 4.79 Å². The minimum absolute atomic E-state index is 0.103. The van der Waals surface area contributed by atoms with E-state index in [0.29, 0.717) is 6.42 Å². The van der Waals surface area contributed by atoms with Crippen LogP contribution < -0.4 is 0 Å². The van der Waals surface area contributed by atoms with Gasteiger partial charge in [0.2, 0.25) is 5.91 Å². The largest absolute Gasteiger partial charge is 0.346 e. The Morgan fingerprint density at radius 1 is 1.04 bits per heavy atom. The molecule has 0 spiro atoms. The highest BCUT2D eigenvalue weighted by molar-refractivity contribution is 5.77. The van der Waals surface area contributed by atoms with Crippen molar-refractivity contribution in [3.63, 3.8) is 0 Å². The lowest BCUT2D eigenvalue weighted by Crippen LogP contribution is -2.29. The number of nitrogens with zero attached hydrogens (tertiary/aromatic N) is 1. The molecule has 2 rings (SSSR count). The molecule has 0 saturated heterocycles. The van der Waals surface area contributed by atoms with Crippen molar-refractivity contribution in [1.29, 1.82) is 0 Å². The van der Waals surface area contributed by atoms with Gasteiger partial charge in [-0.2, -0.15) is 0 Å². The second-order valence-corrected chi connectivity index (χ2v) is 5.82. The minimum Gasteiger partial charge on any atom is -0.346 e. The van der Waals surface area contributed by atoms with Gasteiger partial charge >= 0.3 is 0 Å². The highest BCUT2D eigenvalue weighted by Crippen LogP contribution is 2.28. The fourth-order valence-corrected chi connectivity index (χ4v) is 2.73. The van der Waals surface area contributed by atoms with Crippen LogP contribution in [0.5, 0.6) is 0 Å². The van der Waals surface area contributed by atoms with Crippen LogP contribution in [0.15, 0.2) is 73.3 Å². The van der Waals surface area contributed by atoms with Crippen LogP contribution in [0.2, 0.25) is 0 Å². The Bertz CT molecular complexity index is 567. The summed E-state index contributed by atoms with van der Waals surface area (Å²) in [6.07, 6.45) is 4.30. The Balaban J connectivity index is 2.12. The maximum absolute atomic E-state index is 12.6. The molecular weight excluding hydrogens is 282 g/mol. The molecule has 23 heavy (non-hydrogen) atoms. The Morgan fingerprint density at radius 3 is 2.04 bits per heavy atom. The van der Waals surface area contributed by atoms with Crippen molar-refractivity contribution in [3.8, 4) is 0 Å². The van der Waals surface area contributed by atoms with Crippen molar-refractivity contribution < 1.29 is 4.79 Å². The quantitative estimate of drug-likeness (QED) is 0.514. The Hall–Kier alpha value is -2.35. The number of allylic oxidation sites excluding steroid dienone is 1. The summed E-state index contributed by atoms with van der Waals surface area (Å²) in [5.41, 5.74) is 2.37. The van der Waals surface area contributed by atoms with Gasteiger partial charge in [-0.1, -0.05) is 66.7 Å². The third kappa shape index (κ3) is 5.10. The highest BCUT2D eigenvalue weighted by atomic mass is 16.2. The topological polar surface area (TPSA) is 20.3 Å². The van der Waals surface area contributed by atoms with Crippen LogP contribution in [0.25, 0.3) is 0 Å². The fourth-order valence-electron chi connectivity index (χ4n) is 2.73. The summed E-state index contributed by atoms with van der Waals surface area (Å²) in [5.74, 6) is 0.290. The van der Waals surface area contributed by atoms with Crippen LogP contribution in [-0.2, 0) is 4.79 Å². The molecule has 0 fully saturated rings. The van der Waals surface area contributed by atoms with Crippen LogP contribution in [0.4, 0.5) is 0 Å². The van der Waals surface area contributed by atoms with Crippen molar-refractivity contribution in [2.75, 3.05) is 13.6 Å². The lowest BCUT2D eigenvalue weighted by molar-refractivity contribution is -0.130. The predicted molar refractivity (Wildman–Crippen MR) is 96.4 cm³/mol. The molecular formula is C21H25NO. The minimum atomic E-state index is 0.103. The number of hydrogen-bond donors (Lipinski definition) is 0. The van der Waals surface area contributed by atoms with Gasteiger partial charge in [0.15, 0.2) is 0 Å². The molecule has 2 aromatic carbocycles. The SMILES string of the molecule is C=CCCCN(C)C(=O)CC(c1ccccc1)c1ccccc1. The smallest absolute Gasteiger partial charge is 0.223 e. The summed E-state index contributed by atoms with van der Waals surface area (Å²) in [5, 5.41) is 0. The number of carbonyl (C=O) groups is 1. The Morgan fingerprint density at radius 2 is 1.57 bits per heavy atom. The van der Waals surface area contributed by atoms with Crippen molar-refractivity contribution in [3.05, 3.63) is 84.4 Å². The average molecular weight is 307 g/mol. The summed E-state index contributed by atoms with van der Waals surface area (Å²) in [6.45, 7) is 4.51. The van der Waals surface area contributed by atoms with Crippen LogP contribution >= 0.6 is 0 Å². The molecule has 0 N–H and O–H groups in total. The zero-order chi connectivity index (χ0) is 16.5. The van der Waals surface area contributed by atoms with Gasteiger partial charge in [0.25, 0.3) is 0 Å². The summed E-state index contributed by atoms with van der Waals surface area (Å²) in [4.78, 5) is 14.4. The lowest BCUT2D eigenvalue weighted by atomic mass is 9.88. The van der Waals surface area contributed by atoms with E-state index in [2.05, 4.69) is 30.8 Å². The van der Waals surface area contributed by atoms with Crippen molar-refractivity contribution in [2.24, 2.45) is 0 Å². The molecule has 0 aromatic heterocycles. The molecule has 2 nitrogen and oxygen atoms in total. The Kier molecular flexibility index (Phi) is 6.61. The maximum atomic E-state index is 12.6. The van der Waals surface area contributed by atoms with E-state index in [1.165, 1.54) is 11.1 Å². The number of carbonyl (C=O) groups excluding carboxylic acids is 1. The first-order valence-corrected chi connectivity index (χ1v) is 8.17. The number of hydrogen-bond acceptors (Lipinski definition) is 1. The molecule has 0 unspecified atom stereocenters. The second-order valence-electron chi connectivity index (χ2n) is 5.82. The third-order valence-corrected chi connectivity index (χ3v) is 4.11. The molecule has 1 amide bonds. The van der Waals surface area contributed by atoms with E-state index in [4.69, 9.17) is 0 Å². The van der Waals surface area contributed by atoms with Crippen molar-refractivity contribution in [1.82, 2.24) is 4.90 Å². The van der Waals surface area contributed by atoms with Gasteiger partial charge in [0.1, 0.15) is 0 Å². The van der Waals surface area contributed by atoms with Crippen molar-refractivity contribution in [2.45, 2.75) is 25.2 Å². The summed E-state index contributed by atoms with van der Waals surface area (Å²) in [7, 11) is 1.89. The molecule has 2 aromatic rings. The van der Waals surface area contributed by atoms with Crippen LogP contribution in [0.3, 0.4) is 0 Å². The first kappa shape index (κ1) is 17.0. The molecule has 0 radical (unpaired) electrons. The number of benzene rings is 2. The number of unbranched alkanes of at least 4 members (excludes halogenated alkanes) is 1. The van der Waals surface area contributed by atoms with Gasteiger partial charge in [0.05, 0.1) is 0 Å². The van der Waals surface area contributed by atoms with E-state index in [1.807, 2.05) is 54.4 Å². The predicted octanol–water partition coefficient (Wildman–Crippen LogP) is 4.63. The first-order valence-electron chi connectivity index (χ1n) is 8.17. The van der Waals surface area contributed by atoms with Crippen LogP contribution in [-0.4, -0.2) is 24.4 Å². The van der Waals surface area contributed by atoms with Gasteiger partial charge in [-0.3, -0.25) is 4.79 Å². The van der Waals surface area contributed by atoms with Crippen molar-refractivity contribution >= 4 is 5.91 Å². The molecule has 2 heteroatoms. The molecule has 0 saturated carbocycles. The molecule has 0 heterocycles.